The fourth-order valence-electron chi connectivity index (χ4n) is 1.58. The van der Waals surface area contributed by atoms with Gasteiger partial charge in [0.25, 0.3) is 11.6 Å². The number of carbonyl (C=O) groups excluding carboxylic acids is 1. The van der Waals surface area contributed by atoms with Gasteiger partial charge >= 0.3 is 5.97 Å². The Morgan fingerprint density at radius 3 is 2.59 bits per heavy atom. The Balaban J connectivity index is 2.69. The van der Waals surface area contributed by atoms with Crippen molar-refractivity contribution >= 4 is 17.6 Å². The third-order valence-corrected chi connectivity index (χ3v) is 2.64. The predicted octanol–water partition coefficient (Wildman–Crippen LogP) is 1.62. The monoisotopic (exact) mass is 308 g/mol. The summed E-state index contributed by atoms with van der Waals surface area (Å²) in [5.41, 5.74) is -0.855. The van der Waals surface area contributed by atoms with Crippen molar-refractivity contribution in [1.82, 2.24) is 5.32 Å². The molecule has 0 saturated heterocycles. The highest BCUT2D eigenvalue weighted by atomic mass is 16.6. The summed E-state index contributed by atoms with van der Waals surface area (Å²) < 4.78 is 5.20. The van der Waals surface area contributed by atoms with Crippen LogP contribution in [0, 0.1) is 10.1 Å². The summed E-state index contributed by atoms with van der Waals surface area (Å²) in [5, 5.41) is 22.2. The maximum atomic E-state index is 11.9. The van der Waals surface area contributed by atoms with Gasteiger partial charge in [-0.25, -0.2) is 4.79 Å². The zero-order chi connectivity index (χ0) is 16.5. The smallest absolute Gasteiger partial charge is 0.335 e. The molecule has 0 fully saturated rings. The maximum Gasteiger partial charge on any atom is 0.335 e. The van der Waals surface area contributed by atoms with E-state index in [1.807, 2.05) is 0 Å². The van der Waals surface area contributed by atoms with E-state index in [0.29, 0.717) is 13.0 Å². The molecule has 8 nitrogen and oxygen atoms in total. The third-order valence-electron chi connectivity index (χ3n) is 2.64. The van der Waals surface area contributed by atoms with E-state index < -0.39 is 22.5 Å². The van der Waals surface area contributed by atoms with Crippen LogP contribution in [0.15, 0.2) is 30.9 Å². The maximum absolute atomic E-state index is 11.9. The van der Waals surface area contributed by atoms with Gasteiger partial charge in [-0.15, -0.1) is 6.58 Å². The Kier molecular flexibility index (Phi) is 6.71. The number of aromatic carboxylic acids is 1. The lowest BCUT2D eigenvalue weighted by molar-refractivity contribution is -0.384. The van der Waals surface area contributed by atoms with Gasteiger partial charge in [0.1, 0.15) is 0 Å². The predicted molar refractivity (Wildman–Crippen MR) is 78.0 cm³/mol. The number of hydrogen-bond acceptors (Lipinski definition) is 5. The first kappa shape index (κ1) is 17.3. The summed E-state index contributed by atoms with van der Waals surface area (Å²) >= 11 is 0. The molecule has 0 bridgehead atoms. The van der Waals surface area contributed by atoms with Crippen LogP contribution < -0.4 is 5.32 Å². The molecule has 8 heteroatoms. The Morgan fingerprint density at radius 1 is 1.32 bits per heavy atom. The zero-order valence-electron chi connectivity index (χ0n) is 11.8. The van der Waals surface area contributed by atoms with Crippen LogP contribution in [-0.2, 0) is 4.74 Å². The molecule has 0 heterocycles. The molecule has 0 atom stereocenters. The first-order chi connectivity index (χ1) is 10.5. The summed E-state index contributed by atoms with van der Waals surface area (Å²) in [4.78, 5) is 32.8. The van der Waals surface area contributed by atoms with Gasteiger partial charge in [0.05, 0.1) is 23.7 Å². The molecule has 1 aromatic rings. The molecule has 0 spiro atoms. The minimum Gasteiger partial charge on any atom is -0.478 e. The van der Waals surface area contributed by atoms with Crippen LogP contribution in [0.2, 0.25) is 0 Å². The molecule has 0 aromatic heterocycles. The molecular weight excluding hydrogens is 292 g/mol. The fraction of sp³-hybridized carbons (Fsp3) is 0.286. The highest BCUT2D eigenvalue weighted by molar-refractivity contribution is 5.98. The number of nitro groups is 1. The topological polar surface area (TPSA) is 119 Å². The number of carboxylic acids is 1. The second-order valence-corrected chi connectivity index (χ2v) is 4.28. The van der Waals surface area contributed by atoms with Crippen LogP contribution in [0.3, 0.4) is 0 Å². The number of carbonyl (C=O) groups is 2. The fourth-order valence-corrected chi connectivity index (χ4v) is 1.58. The molecule has 1 aromatic carbocycles. The summed E-state index contributed by atoms with van der Waals surface area (Å²) in [6.45, 7) is 4.51. The molecule has 1 amide bonds. The Bertz CT molecular complexity index is 552. The number of ether oxygens (including phenoxy) is 1. The van der Waals surface area contributed by atoms with Gasteiger partial charge in [0, 0.05) is 24.2 Å². The number of rotatable bonds is 9. The molecule has 118 valence electrons. The Morgan fingerprint density at radius 2 is 2.00 bits per heavy atom. The largest absolute Gasteiger partial charge is 0.478 e. The summed E-state index contributed by atoms with van der Waals surface area (Å²) in [6.07, 6.45) is 2.40. The number of nitro benzene ring substituents is 1. The van der Waals surface area contributed by atoms with Crippen molar-refractivity contribution in [2.24, 2.45) is 0 Å². The van der Waals surface area contributed by atoms with Gasteiger partial charge in [-0.1, -0.05) is 6.08 Å². The highest BCUT2D eigenvalue weighted by Gasteiger charge is 2.17. The lowest BCUT2D eigenvalue weighted by Crippen LogP contribution is -2.27. The van der Waals surface area contributed by atoms with Crippen molar-refractivity contribution in [1.29, 1.82) is 0 Å². The number of nitrogens with zero attached hydrogens (tertiary/aromatic N) is 1. The number of hydrogen-bond donors (Lipinski definition) is 2. The van der Waals surface area contributed by atoms with Gasteiger partial charge in [0.2, 0.25) is 0 Å². The molecule has 0 radical (unpaired) electrons. The minimum atomic E-state index is -1.34. The van der Waals surface area contributed by atoms with Crippen molar-refractivity contribution in [2.45, 2.75) is 6.42 Å². The summed E-state index contributed by atoms with van der Waals surface area (Å²) in [6, 6.07) is 3.01. The van der Waals surface area contributed by atoms with Crippen molar-refractivity contribution < 1.29 is 24.4 Å². The molecule has 0 aliphatic rings. The van der Waals surface area contributed by atoms with Crippen LogP contribution in [0.5, 0.6) is 0 Å². The first-order valence-corrected chi connectivity index (χ1v) is 6.45. The second kappa shape index (κ2) is 8.53. The van der Waals surface area contributed by atoms with E-state index in [1.54, 1.807) is 6.08 Å². The molecule has 0 aliphatic carbocycles. The number of nitrogens with one attached hydrogen (secondary N) is 1. The quantitative estimate of drug-likeness (QED) is 0.309. The molecule has 0 unspecified atom stereocenters. The highest BCUT2D eigenvalue weighted by Crippen LogP contribution is 2.17. The van der Waals surface area contributed by atoms with Crippen LogP contribution >= 0.6 is 0 Å². The lowest BCUT2D eigenvalue weighted by atomic mass is 10.1. The van der Waals surface area contributed by atoms with Gasteiger partial charge in [-0.05, 0) is 12.5 Å². The molecule has 0 saturated carbocycles. The van der Waals surface area contributed by atoms with E-state index >= 15 is 0 Å². The average Bonchev–Trinajstić information content (AvgIpc) is 2.49. The van der Waals surface area contributed by atoms with E-state index in [4.69, 9.17) is 9.84 Å². The Hall–Kier alpha value is -2.74. The first-order valence-electron chi connectivity index (χ1n) is 6.45. The van der Waals surface area contributed by atoms with Crippen molar-refractivity contribution in [3.63, 3.8) is 0 Å². The van der Waals surface area contributed by atoms with Gasteiger partial charge in [0.15, 0.2) is 0 Å². The molecule has 2 N–H and O–H groups in total. The van der Waals surface area contributed by atoms with E-state index in [1.165, 1.54) is 0 Å². The van der Waals surface area contributed by atoms with Crippen LogP contribution in [-0.4, -0.2) is 41.7 Å². The van der Waals surface area contributed by atoms with Crippen molar-refractivity contribution in [3.05, 3.63) is 52.1 Å². The molecular formula is C14H16N2O6. The number of benzene rings is 1. The number of amides is 1. The Labute approximate surface area is 126 Å². The number of carboxylic acid groups (broad SMARTS) is 1. The van der Waals surface area contributed by atoms with Crippen LogP contribution in [0.1, 0.15) is 27.1 Å². The van der Waals surface area contributed by atoms with E-state index in [-0.39, 0.29) is 24.3 Å². The van der Waals surface area contributed by atoms with E-state index in [9.17, 15) is 19.7 Å². The van der Waals surface area contributed by atoms with Crippen LogP contribution in [0.25, 0.3) is 0 Å². The zero-order valence-corrected chi connectivity index (χ0v) is 11.8. The molecule has 1 rings (SSSR count). The van der Waals surface area contributed by atoms with Crippen molar-refractivity contribution in [3.8, 4) is 0 Å². The summed E-state index contributed by atoms with van der Waals surface area (Å²) in [7, 11) is 0. The van der Waals surface area contributed by atoms with Crippen LogP contribution in [0.4, 0.5) is 5.69 Å². The van der Waals surface area contributed by atoms with E-state index in [0.717, 1.165) is 18.2 Å². The van der Waals surface area contributed by atoms with Gasteiger partial charge in [-0.3, -0.25) is 14.9 Å². The lowest BCUT2D eigenvalue weighted by Gasteiger charge is -2.06. The van der Waals surface area contributed by atoms with E-state index in [2.05, 4.69) is 11.9 Å². The summed E-state index contributed by atoms with van der Waals surface area (Å²) in [5.74, 6) is -1.94. The van der Waals surface area contributed by atoms with Crippen molar-refractivity contribution in [2.75, 3.05) is 19.8 Å². The normalized spacial score (nSPS) is 10.0. The van der Waals surface area contributed by atoms with Gasteiger partial charge in [-0.2, -0.15) is 0 Å². The molecule has 0 aliphatic heterocycles. The SMILES string of the molecule is C=CCCOCCNC(=O)c1cc(C(=O)O)cc([N+](=O)[O-])c1. The van der Waals surface area contributed by atoms with Gasteiger partial charge < -0.3 is 15.2 Å². The second-order valence-electron chi connectivity index (χ2n) is 4.28. The molecule has 22 heavy (non-hydrogen) atoms. The third kappa shape index (κ3) is 5.33. The average molecular weight is 308 g/mol. The number of non-ortho nitro benzene ring substituents is 1. The minimum absolute atomic E-state index is 0.0855. The standard InChI is InChI=1S/C14H16N2O6/c1-2-3-5-22-6-4-15-13(17)10-7-11(14(18)19)9-12(8-10)16(20)21/h2,7-9H,1,3-6H2,(H,15,17)(H,18,19).